The topological polar surface area (TPSA) is 152 Å². The molecule has 35 heavy (non-hydrogen) atoms. The Bertz CT molecular complexity index is 1190. The van der Waals surface area contributed by atoms with Crippen molar-refractivity contribution >= 4 is 29.3 Å². The summed E-state index contributed by atoms with van der Waals surface area (Å²) >= 11 is 5.62. The highest BCUT2D eigenvalue weighted by Gasteiger charge is 2.22. The lowest BCUT2D eigenvalue weighted by atomic mass is 10.1. The van der Waals surface area contributed by atoms with E-state index >= 15 is 0 Å². The molecule has 3 aromatic rings. The van der Waals surface area contributed by atoms with Crippen LogP contribution in [-0.4, -0.2) is 61.3 Å². The van der Waals surface area contributed by atoms with E-state index in [1.807, 2.05) is 0 Å². The summed E-state index contributed by atoms with van der Waals surface area (Å²) in [5, 5.41) is 10.9. The largest absolute Gasteiger partial charge is 0.495 e. The molecule has 0 spiro atoms. The van der Waals surface area contributed by atoms with E-state index < -0.39 is 17.9 Å². The average Bonchev–Trinajstić information content (AvgIpc) is 3.36. The van der Waals surface area contributed by atoms with Gasteiger partial charge in [0, 0.05) is 17.7 Å². The van der Waals surface area contributed by atoms with Crippen molar-refractivity contribution in [1.29, 1.82) is 0 Å². The summed E-state index contributed by atoms with van der Waals surface area (Å²) in [6.45, 7) is 0. The van der Waals surface area contributed by atoms with Gasteiger partial charge in [0.1, 0.15) is 11.8 Å². The van der Waals surface area contributed by atoms with Crippen LogP contribution in [0.4, 0.5) is 5.69 Å². The maximum absolute atomic E-state index is 12.6. The summed E-state index contributed by atoms with van der Waals surface area (Å²) < 4.78 is 23.2. The summed E-state index contributed by atoms with van der Waals surface area (Å²) in [4.78, 5) is 26.1. The Morgan fingerprint density at radius 3 is 2.23 bits per heavy atom. The highest BCUT2D eigenvalue weighted by molar-refractivity contribution is 6.16. The monoisotopic (exact) mass is 504 g/mol. The van der Waals surface area contributed by atoms with E-state index in [0.717, 1.165) is 0 Å². The summed E-state index contributed by atoms with van der Waals surface area (Å²) in [7, 11) is 6.01. The van der Waals surface area contributed by atoms with Crippen LogP contribution in [0.2, 0.25) is 0 Å². The van der Waals surface area contributed by atoms with Gasteiger partial charge in [0.15, 0.2) is 11.5 Å². The van der Waals surface area contributed by atoms with Crippen LogP contribution in [0.15, 0.2) is 36.5 Å². The number of primary amides is 1. The van der Waals surface area contributed by atoms with Gasteiger partial charge in [-0.1, -0.05) is 5.21 Å². The zero-order valence-electron chi connectivity index (χ0n) is 19.5. The van der Waals surface area contributed by atoms with Gasteiger partial charge in [0.2, 0.25) is 17.6 Å². The molecule has 3 rings (SSSR count). The first-order valence-corrected chi connectivity index (χ1v) is 10.6. The fourth-order valence-corrected chi connectivity index (χ4v) is 3.56. The molecule has 2 amide bonds. The van der Waals surface area contributed by atoms with Crippen molar-refractivity contribution in [2.75, 3.05) is 33.8 Å². The number of halogens is 1. The second-order valence-electron chi connectivity index (χ2n) is 7.15. The van der Waals surface area contributed by atoms with E-state index in [4.69, 9.17) is 36.5 Å². The van der Waals surface area contributed by atoms with Crippen LogP contribution < -0.4 is 34.8 Å². The average molecular weight is 505 g/mol. The van der Waals surface area contributed by atoms with Crippen LogP contribution in [0.25, 0.3) is 16.9 Å². The van der Waals surface area contributed by atoms with Gasteiger partial charge in [-0.25, -0.2) is 9.52 Å². The number of carbonyl (C=O) groups excluding carboxylic acids is 2. The Morgan fingerprint density at radius 2 is 1.69 bits per heavy atom. The van der Waals surface area contributed by atoms with E-state index in [1.165, 1.54) is 28.4 Å². The van der Waals surface area contributed by atoms with Crippen molar-refractivity contribution in [2.45, 2.75) is 12.5 Å². The Kier molecular flexibility index (Phi) is 8.34. The third-order valence-corrected chi connectivity index (χ3v) is 5.31. The summed E-state index contributed by atoms with van der Waals surface area (Å²) in [6, 6.07) is 7.56. The number of ether oxygens (including phenoxy) is 4. The fraction of sp³-hybridized carbons (Fsp3) is 0.273. The second-order valence-corrected chi connectivity index (χ2v) is 7.37. The van der Waals surface area contributed by atoms with E-state index in [9.17, 15) is 9.59 Å². The van der Waals surface area contributed by atoms with Crippen molar-refractivity contribution < 1.29 is 28.5 Å². The van der Waals surface area contributed by atoms with Crippen molar-refractivity contribution in [2.24, 2.45) is 5.73 Å². The van der Waals surface area contributed by atoms with Crippen molar-refractivity contribution in [3.8, 4) is 39.9 Å². The summed E-state index contributed by atoms with van der Waals surface area (Å²) in [5.41, 5.74) is 7.39. The minimum Gasteiger partial charge on any atom is -0.495 e. The van der Waals surface area contributed by atoms with E-state index in [2.05, 4.69) is 20.5 Å². The molecule has 1 aromatic heterocycles. The number of benzene rings is 2. The molecule has 1 atom stereocenters. The van der Waals surface area contributed by atoms with E-state index in [-0.39, 0.29) is 6.42 Å². The van der Waals surface area contributed by atoms with Gasteiger partial charge in [0.05, 0.1) is 58.1 Å². The number of aromatic nitrogens is 3. The number of carbonyl (C=O) groups is 2. The van der Waals surface area contributed by atoms with Gasteiger partial charge in [-0.2, -0.15) is 0 Å². The standard InChI is InChI=1S/C22H25ClN6O6/c1-32-17-6-5-12(7-14(17)26-22(31)15(27-23)10-20(24)30)16-11-25-28-29(16)13-8-18(33-2)21(35-4)19(9-13)34-3/h5-9,11,15,27H,10H2,1-4H3,(H2,24,30)(H,26,31). The Hall–Kier alpha value is -4.03. The second kappa shape index (κ2) is 11.4. The molecule has 1 heterocycles. The molecule has 4 N–H and O–H groups in total. The van der Waals surface area contributed by atoms with Crippen LogP contribution in [0.1, 0.15) is 6.42 Å². The molecule has 0 aliphatic rings. The number of anilines is 1. The number of nitrogens with zero attached hydrogens (tertiary/aromatic N) is 3. The first-order valence-electron chi connectivity index (χ1n) is 10.2. The smallest absolute Gasteiger partial charge is 0.243 e. The van der Waals surface area contributed by atoms with Crippen molar-refractivity contribution in [1.82, 2.24) is 19.8 Å². The third kappa shape index (κ3) is 5.55. The molecule has 13 heteroatoms. The first kappa shape index (κ1) is 25.6. The molecule has 2 aromatic carbocycles. The molecule has 0 fully saturated rings. The van der Waals surface area contributed by atoms with Crippen LogP contribution in [0.5, 0.6) is 23.0 Å². The van der Waals surface area contributed by atoms with Crippen LogP contribution in [0, 0.1) is 0 Å². The molecule has 0 aliphatic carbocycles. The summed E-state index contributed by atoms with van der Waals surface area (Å²) in [6.07, 6.45) is 1.28. The molecule has 1 unspecified atom stereocenters. The molecule has 0 aliphatic heterocycles. The molecule has 12 nitrogen and oxygen atoms in total. The minimum atomic E-state index is -1.03. The number of hydrogen-bond donors (Lipinski definition) is 3. The third-order valence-electron chi connectivity index (χ3n) is 5.05. The van der Waals surface area contributed by atoms with Crippen LogP contribution >= 0.6 is 11.8 Å². The number of rotatable bonds is 11. The zero-order valence-corrected chi connectivity index (χ0v) is 20.3. The maximum Gasteiger partial charge on any atom is 0.243 e. The van der Waals surface area contributed by atoms with E-state index in [0.29, 0.717) is 45.6 Å². The van der Waals surface area contributed by atoms with Crippen molar-refractivity contribution in [3.63, 3.8) is 0 Å². The normalized spacial score (nSPS) is 11.5. The number of amides is 2. The van der Waals surface area contributed by atoms with Gasteiger partial charge >= 0.3 is 0 Å². The minimum absolute atomic E-state index is 0.283. The number of nitrogens with one attached hydrogen (secondary N) is 2. The van der Waals surface area contributed by atoms with Gasteiger partial charge in [-0.15, -0.1) is 5.10 Å². The molecule has 0 radical (unpaired) electrons. The van der Waals surface area contributed by atoms with Crippen LogP contribution in [0.3, 0.4) is 0 Å². The number of nitrogens with two attached hydrogens (primary N) is 1. The molecular formula is C22H25ClN6O6. The Balaban J connectivity index is 2.03. The number of hydrogen-bond acceptors (Lipinski definition) is 9. The quantitative estimate of drug-likeness (QED) is 0.332. The molecule has 186 valence electrons. The molecule has 0 saturated heterocycles. The molecule has 0 saturated carbocycles. The van der Waals surface area contributed by atoms with E-state index in [1.54, 1.807) is 41.2 Å². The van der Waals surface area contributed by atoms with Gasteiger partial charge in [0.25, 0.3) is 0 Å². The highest BCUT2D eigenvalue weighted by Crippen LogP contribution is 2.40. The maximum atomic E-state index is 12.6. The zero-order chi connectivity index (χ0) is 25.5. The van der Waals surface area contributed by atoms with Gasteiger partial charge in [-0.3, -0.25) is 9.59 Å². The van der Waals surface area contributed by atoms with Crippen molar-refractivity contribution in [3.05, 3.63) is 36.5 Å². The van der Waals surface area contributed by atoms with Crippen LogP contribution in [-0.2, 0) is 9.59 Å². The Morgan fingerprint density at radius 1 is 1.03 bits per heavy atom. The van der Waals surface area contributed by atoms with Gasteiger partial charge < -0.3 is 30.0 Å². The van der Waals surface area contributed by atoms with Gasteiger partial charge in [-0.05, 0) is 30.0 Å². The molecular weight excluding hydrogens is 480 g/mol. The highest BCUT2D eigenvalue weighted by atomic mass is 35.5. The fourth-order valence-electron chi connectivity index (χ4n) is 3.38. The number of methoxy groups -OCH3 is 4. The lowest BCUT2D eigenvalue weighted by molar-refractivity contribution is -0.123. The molecule has 0 bridgehead atoms. The summed E-state index contributed by atoms with van der Waals surface area (Å²) in [5.74, 6) is 0.472. The lowest BCUT2D eigenvalue weighted by Gasteiger charge is -2.17. The predicted molar refractivity (Wildman–Crippen MR) is 128 cm³/mol. The SMILES string of the molecule is COc1ccc(-c2cnnn2-c2cc(OC)c(OC)c(OC)c2)cc1NC(=O)C(CC(N)=O)NCl. The lowest BCUT2D eigenvalue weighted by Crippen LogP contribution is -2.39. The Labute approximate surface area is 206 Å². The first-order chi connectivity index (χ1) is 16.9. The predicted octanol–water partition coefficient (Wildman–Crippen LogP) is 1.89.